The van der Waals surface area contributed by atoms with Crippen LogP contribution in [0.2, 0.25) is 0 Å². The van der Waals surface area contributed by atoms with Crippen LogP contribution < -0.4 is 47.7 Å². The van der Waals surface area contributed by atoms with E-state index in [1.807, 2.05) is 0 Å². The number of hydrogen-bond donors (Lipinski definition) is 0. The molecule has 0 amide bonds. The Kier molecular flexibility index (Phi) is 17.6. The van der Waals surface area contributed by atoms with Crippen LogP contribution in [-0.2, 0) is 11.8 Å². The van der Waals surface area contributed by atoms with Gasteiger partial charge in [0.25, 0.3) is 0 Å². The van der Waals surface area contributed by atoms with Crippen molar-refractivity contribution in [3.8, 4) is 0 Å². The summed E-state index contributed by atoms with van der Waals surface area (Å²) in [6.45, 7) is 0. The van der Waals surface area contributed by atoms with Crippen molar-refractivity contribution in [3.05, 3.63) is 419 Å². The third-order valence-corrected chi connectivity index (χ3v) is 42.4. The van der Waals surface area contributed by atoms with Gasteiger partial charge in [0.1, 0.15) is 5.65 Å². The predicted molar refractivity (Wildman–Crippen MR) is 511 cm³/mol. The van der Waals surface area contributed by atoms with Crippen LogP contribution in [0, 0.1) is 0 Å². The van der Waals surface area contributed by atoms with E-state index >= 15 is 0 Å². The predicted octanol–water partition coefficient (Wildman–Crippen LogP) is 22.4. The summed E-state index contributed by atoms with van der Waals surface area (Å²) in [6.07, 6.45) is 0. The minimum atomic E-state index is -2.39. The zero-order valence-electron chi connectivity index (χ0n) is 63.1. The number of pyridine rings is 3. The van der Waals surface area contributed by atoms with E-state index < -0.39 is 17.1 Å². The number of rotatable bonds is 9. The molecule has 0 unspecified atom stereocenters. The van der Waals surface area contributed by atoms with Crippen molar-refractivity contribution >= 4 is 254 Å². The molecule has 117 heavy (non-hydrogen) atoms. The Morgan fingerprint density at radius 3 is 1.06 bits per heavy atom. The Balaban J connectivity index is 0.000000106. The van der Waals surface area contributed by atoms with Crippen molar-refractivity contribution in [3.63, 3.8) is 0 Å². The fraction of sp³-hybridized carbons (Fsp3) is 0. The molecule has 0 radical (unpaired) electrons. The molecule has 0 bridgehead atoms. The number of benzene rings is 18. The Hall–Kier alpha value is -12.3. The summed E-state index contributed by atoms with van der Waals surface area (Å²) < 4.78 is 7.15. The van der Waals surface area contributed by atoms with Crippen LogP contribution in [0.4, 0.5) is 0 Å². The average Bonchev–Trinajstić information content (AvgIpc) is 1.61. The minimum absolute atomic E-state index is 0.972. The molecule has 0 aliphatic rings. The molecule has 0 saturated carbocycles. The summed E-state index contributed by atoms with van der Waals surface area (Å²) in [7, 11) is 0. The van der Waals surface area contributed by atoms with Crippen molar-refractivity contribution in [1.29, 1.82) is 0 Å². The van der Waals surface area contributed by atoms with E-state index in [1.54, 1.807) is 0 Å². The number of nitrogens with zero attached hydrogens (tertiary/aromatic N) is 6. The molecule has 0 N–H and O–H groups in total. The standard InChI is InChI=1S/C35H23N2PS.2C35H23N2PSe/c39-38(25-13-3-1-4-14-25,26-15-5-2-6-16-26)32-21-11-20-31-33(32)36-35-30-19-10-9-18-28(30)29-23-22-24-12-7-8-17-27(24)34(29)37(31)35;39-38(25-13-3-1-4-14-25,26-15-5-2-6-16-26)32-21-11-18-28-29-23-22-24-12-7-8-17-27(24)34(29)37-31-20-10-9-19-30(31)36-35(37)33(28)32;39-38(25-12-3-1-4-13-25,26-14-5-2-6-15-26)27-20-22-33-32(23-27)36-35-31-18-10-9-17-29(31)30-21-19-24-11-7-8-16-28(24)34(30)37(33)35/h3*1-23H. The van der Waals surface area contributed by atoms with Crippen molar-refractivity contribution in [1.82, 2.24) is 28.2 Å². The number of para-hydroxylation sites is 3. The molecular formula is C105H69N6P3SSe2. The average molecular weight is 1700 g/mol. The zero-order chi connectivity index (χ0) is 77.9. The van der Waals surface area contributed by atoms with Gasteiger partial charge in [-0.25, -0.2) is 4.98 Å². The summed E-state index contributed by atoms with van der Waals surface area (Å²) in [5.74, 6) is 0. The van der Waals surface area contributed by atoms with E-state index in [9.17, 15) is 0 Å². The van der Waals surface area contributed by atoms with Crippen molar-refractivity contribution < 1.29 is 0 Å². The fourth-order valence-corrected chi connectivity index (χ4v) is 32.4. The van der Waals surface area contributed by atoms with E-state index in [0.717, 1.165) is 60.7 Å². The SMILES string of the molecule is S=P(c1ccccc1)(c1ccccc1)c1cccc2c1nc1c3ccccc3c3ccc4ccccc4c3n21.[Se]=P(c1ccccc1)(c1ccccc1)c1ccc2c(c1)nc1c3ccccc3c3ccc4ccccc4c3n21.[Se]=P(c1ccccc1)(c1ccccc1)c1cccc2c3ccc4ccccc4c3n3c4ccccc4nc3c12. The van der Waals surface area contributed by atoms with Crippen molar-refractivity contribution in [2.24, 2.45) is 0 Å². The van der Waals surface area contributed by atoms with Crippen molar-refractivity contribution in [2.75, 3.05) is 0 Å². The quantitative estimate of drug-likeness (QED) is 0.0821. The Morgan fingerprint density at radius 1 is 0.222 bits per heavy atom. The first-order valence-electron chi connectivity index (χ1n) is 39.3. The van der Waals surface area contributed by atoms with E-state index in [0.29, 0.717) is 0 Å². The molecule has 6 aromatic heterocycles. The number of imidazole rings is 3. The van der Waals surface area contributed by atoms with Crippen molar-refractivity contribution in [2.45, 2.75) is 0 Å². The molecule has 0 fully saturated rings. The summed E-state index contributed by atoms with van der Waals surface area (Å²) in [5, 5.41) is 29.7. The van der Waals surface area contributed by atoms with E-state index in [2.05, 4.69) is 462 Å². The molecule has 0 atom stereocenters. The van der Waals surface area contributed by atoms with Crippen LogP contribution in [0.5, 0.6) is 0 Å². The molecule has 24 aromatic rings. The third-order valence-electron chi connectivity index (χ3n) is 23.5. The van der Waals surface area contributed by atoms with Gasteiger partial charge in [0.15, 0.2) is 0 Å². The van der Waals surface area contributed by atoms with Gasteiger partial charge in [0.05, 0.1) is 16.6 Å². The number of aromatic nitrogens is 6. The van der Waals surface area contributed by atoms with Gasteiger partial charge in [-0.1, -0.05) is 145 Å². The van der Waals surface area contributed by atoms with Gasteiger partial charge in [-0.3, -0.25) is 4.40 Å². The Bertz CT molecular complexity index is 8130. The molecule has 0 aliphatic heterocycles. The number of fused-ring (bicyclic) bond motifs is 30. The number of hydrogen-bond acceptors (Lipinski definition) is 4. The van der Waals surface area contributed by atoms with E-state index in [-0.39, 0.29) is 0 Å². The first-order valence-corrected chi connectivity index (χ1v) is 50.1. The first-order chi connectivity index (χ1) is 57.7. The summed E-state index contributed by atoms with van der Waals surface area (Å²) in [6, 6.07) is 148. The van der Waals surface area contributed by atoms with Gasteiger partial charge in [-0.05, 0) is 27.4 Å². The van der Waals surface area contributed by atoms with Gasteiger partial charge in [0.2, 0.25) is 0 Å². The third kappa shape index (κ3) is 11.3. The topological polar surface area (TPSA) is 51.9 Å². The van der Waals surface area contributed by atoms with Gasteiger partial charge in [0, 0.05) is 27.5 Å². The molecule has 6 heterocycles. The Morgan fingerprint density at radius 2 is 0.564 bits per heavy atom. The monoisotopic (exact) mass is 1700 g/mol. The van der Waals surface area contributed by atoms with Gasteiger partial charge in [-0.15, -0.1) is 0 Å². The fourth-order valence-electron chi connectivity index (χ4n) is 18.2. The van der Waals surface area contributed by atoms with Crippen LogP contribution in [0.25, 0.3) is 147 Å². The molecule has 24 rings (SSSR count). The summed E-state index contributed by atoms with van der Waals surface area (Å²) in [4.78, 5) is 16.1. The summed E-state index contributed by atoms with van der Waals surface area (Å²) in [5.41, 5.74) is 8.87. The second-order valence-corrected chi connectivity index (χ2v) is 46.6. The molecule has 12 heteroatoms. The summed E-state index contributed by atoms with van der Waals surface area (Å²) >= 11 is 14.2. The molecule has 6 nitrogen and oxygen atoms in total. The molecule has 0 saturated heterocycles. The van der Waals surface area contributed by atoms with Crippen LogP contribution in [-0.4, -0.2) is 58.4 Å². The van der Waals surface area contributed by atoms with E-state index in [4.69, 9.17) is 26.8 Å². The van der Waals surface area contributed by atoms with Crippen LogP contribution in [0.15, 0.2) is 419 Å². The second kappa shape index (κ2) is 28.9. The maximum atomic E-state index is 6.76. The van der Waals surface area contributed by atoms with E-state index in [1.165, 1.54) is 134 Å². The van der Waals surface area contributed by atoms with Gasteiger partial charge in [-0.2, -0.15) is 0 Å². The molecule has 18 aromatic carbocycles. The van der Waals surface area contributed by atoms with Gasteiger partial charge < -0.3 is 0 Å². The van der Waals surface area contributed by atoms with Crippen LogP contribution >= 0.6 is 17.1 Å². The Labute approximate surface area is 695 Å². The maximum absolute atomic E-state index is 6.76. The first kappa shape index (κ1) is 71.3. The zero-order valence-corrected chi connectivity index (χ0v) is 70.0. The van der Waals surface area contributed by atoms with Crippen LogP contribution in [0.1, 0.15) is 0 Å². The molecule has 0 spiro atoms. The normalized spacial score (nSPS) is 12.2. The van der Waals surface area contributed by atoms with Gasteiger partial charge >= 0.3 is 469 Å². The molecule has 552 valence electrons. The second-order valence-electron chi connectivity index (χ2n) is 29.8. The molecular weight excluding hydrogens is 1630 g/mol. The molecule has 0 aliphatic carbocycles. The van der Waals surface area contributed by atoms with Crippen LogP contribution in [0.3, 0.4) is 0 Å².